The molecule has 0 radical (unpaired) electrons. The Kier molecular flexibility index (Phi) is 6.22. The Bertz CT molecular complexity index is 1290. The number of carbonyl (C=O) groups is 2. The molecule has 1 aromatic carbocycles. The number of hydrogen-bond acceptors (Lipinski definition) is 6. The van der Waals surface area contributed by atoms with Crippen molar-refractivity contribution >= 4 is 33.4 Å². The average molecular weight is 459 g/mol. The van der Waals surface area contributed by atoms with Gasteiger partial charge in [0, 0.05) is 13.1 Å². The summed E-state index contributed by atoms with van der Waals surface area (Å²) < 4.78 is 21.7. The number of amides is 1. The molecular formula is C22H22FN3O5S. The van der Waals surface area contributed by atoms with Gasteiger partial charge in [-0.15, -0.1) is 11.3 Å². The molecule has 0 saturated carbocycles. The molecule has 0 unspecified atom stereocenters. The van der Waals surface area contributed by atoms with E-state index in [2.05, 4.69) is 0 Å². The second-order valence-corrected chi connectivity index (χ2v) is 8.42. The van der Waals surface area contributed by atoms with Gasteiger partial charge in [0.2, 0.25) is 5.91 Å². The molecule has 0 bridgehead atoms. The Balaban J connectivity index is 1.64. The first-order valence-electron chi connectivity index (χ1n) is 10.3. The lowest BCUT2D eigenvalue weighted by Gasteiger charge is -2.31. The van der Waals surface area contributed by atoms with Crippen LogP contribution >= 0.6 is 11.3 Å². The van der Waals surface area contributed by atoms with Crippen molar-refractivity contribution in [2.45, 2.75) is 26.3 Å². The van der Waals surface area contributed by atoms with Gasteiger partial charge >= 0.3 is 11.7 Å². The van der Waals surface area contributed by atoms with Crippen molar-refractivity contribution in [3.8, 4) is 5.69 Å². The fraction of sp³-hybridized carbons (Fsp3) is 0.364. The summed E-state index contributed by atoms with van der Waals surface area (Å²) in [5, 5.41) is 1.66. The highest BCUT2D eigenvalue weighted by atomic mass is 32.1. The van der Waals surface area contributed by atoms with Gasteiger partial charge in [-0.25, -0.2) is 13.8 Å². The third-order valence-electron chi connectivity index (χ3n) is 5.61. The summed E-state index contributed by atoms with van der Waals surface area (Å²) in [6.45, 7) is 2.52. The molecule has 1 aliphatic rings. The van der Waals surface area contributed by atoms with Gasteiger partial charge in [-0.3, -0.25) is 19.0 Å². The van der Waals surface area contributed by atoms with E-state index in [1.165, 1.54) is 28.8 Å². The van der Waals surface area contributed by atoms with Crippen molar-refractivity contribution < 1.29 is 18.7 Å². The van der Waals surface area contributed by atoms with E-state index in [1.807, 2.05) is 0 Å². The van der Waals surface area contributed by atoms with E-state index >= 15 is 0 Å². The van der Waals surface area contributed by atoms with Crippen LogP contribution in [0.15, 0.2) is 45.3 Å². The van der Waals surface area contributed by atoms with Crippen molar-refractivity contribution in [1.29, 1.82) is 0 Å². The lowest BCUT2D eigenvalue weighted by Crippen LogP contribution is -2.45. The molecule has 0 N–H and O–H groups in total. The molecule has 0 spiro atoms. The van der Waals surface area contributed by atoms with Crippen LogP contribution in [-0.4, -0.2) is 45.6 Å². The fourth-order valence-corrected chi connectivity index (χ4v) is 4.77. The Hall–Kier alpha value is -3.27. The normalized spacial score (nSPS) is 14.6. The number of carbonyl (C=O) groups excluding carboxylic acids is 2. The number of aromatic nitrogens is 2. The highest BCUT2D eigenvalue weighted by Gasteiger charge is 2.29. The molecule has 2 aromatic heterocycles. The van der Waals surface area contributed by atoms with E-state index in [-0.39, 0.29) is 34.7 Å². The number of nitrogens with zero attached hydrogens (tertiary/aromatic N) is 3. The quantitative estimate of drug-likeness (QED) is 0.546. The van der Waals surface area contributed by atoms with E-state index in [9.17, 15) is 23.6 Å². The molecule has 8 nitrogen and oxygen atoms in total. The smallest absolute Gasteiger partial charge is 0.336 e. The van der Waals surface area contributed by atoms with Crippen molar-refractivity contribution in [3.05, 3.63) is 62.4 Å². The minimum Gasteiger partial charge on any atom is -0.466 e. The molecule has 10 heteroatoms. The lowest BCUT2D eigenvalue weighted by atomic mass is 9.97. The van der Waals surface area contributed by atoms with Crippen LogP contribution in [0.2, 0.25) is 0 Å². The minimum atomic E-state index is -0.777. The van der Waals surface area contributed by atoms with Gasteiger partial charge in [-0.05, 0) is 43.3 Å². The molecule has 1 aliphatic heterocycles. The predicted octanol–water partition coefficient (Wildman–Crippen LogP) is 2.15. The summed E-state index contributed by atoms with van der Waals surface area (Å²) in [6.07, 6.45) is 0.976. The Morgan fingerprint density at radius 3 is 2.56 bits per heavy atom. The maximum absolute atomic E-state index is 14.4. The molecule has 3 aromatic rings. The van der Waals surface area contributed by atoms with Crippen molar-refractivity contribution in [1.82, 2.24) is 14.0 Å². The second kappa shape index (κ2) is 9.07. The third kappa shape index (κ3) is 3.97. The van der Waals surface area contributed by atoms with Gasteiger partial charge in [-0.1, -0.05) is 12.1 Å². The monoisotopic (exact) mass is 459 g/mol. The molecule has 1 amide bonds. The summed E-state index contributed by atoms with van der Waals surface area (Å²) in [5.74, 6) is -1.51. The van der Waals surface area contributed by atoms with Crippen LogP contribution in [0.1, 0.15) is 19.8 Å². The summed E-state index contributed by atoms with van der Waals surface area (Å²) in [4.78, 5) is 52.6. The molecular weight excluding hydrogens is 437 g/mol. The van der Waals surface area contributed by atoms with E-state index < -0.39 is 17.1 Å². The van der Waals surface area contributed by atoms with Gasteiger partial charge < -0.3 is 9.64 Å². The molecule has 4 rings (SSSR count). The number of thiophene rings is 1. The molecule has 0 atom stereocenters. The number of piperidine rings is 1. The number of benzene rings is 1. The van der Waals surface area contributed by atoms with Crippen LogP contribution in [0.4, 0.5) is 4.39 Å². The standard InChI is InChI=1S/C22H22FN3O5S/c1-2-31-21(29)14-7-10-24(11-8-14)18(27)13-25-17-9-12-32-19(17)20(28)26(22(25)30)16-6-4-3-5-15(16)23/h3-6,9,12,14H,2,7-8,10-11,13H2,1H3. The van der Waals surface area contributed by atoms with Gasteiger partial charge in [0.1, 0.15) is 17.1 Å². The maximum Gasteiger partial charge on any atom is 0.336 e. The van der Waals surface area contributed by atoms with Crippen LogP contribution in [0.5, 0.6) is 0 Å². The predicted molar refractivity (Wildman–Crippen MR) is 118 cm³/mol. The SMILES string of the molecule is CCOC(=O)C1CCN(C(=O)Cn2c(=O)n(-c3ccccc3F)c(=O)c3sccc32)CC1. The number of fused-ring (bicyclic) bond motifs is 1. The molecule has 32 heavy (non-hydrogen) atoms. The van der Waals surface area contributed by atoms with E-state index in [1.54, 1.807) is 23.3 Å². The highest BCUT2D eigenvalue weighted by Crippen LogP contribution is 2.21. The van der Waals surface area contributed by atoms with Crippen LogP contribution in [0, 0.1) is 11.7 Å². The molecule has 168 valence electrons. The summed E-state index contributed by atoms with van der Waals surface area (Å²) in [5.41, 5.74) is -1.22. The van der Waals surface area contributed by atoms with E-state index in [0.29, 0.717) is 38.1 Å². The van der Waals surface area contributed by atoms with Gasteiger partial charge in [0.15, 0.2) is 0 Å². The van der Waals surface area contributed by atoms with Crippen LogP contribution in [0.3, 0.4) is 0 Å². The molecule has 0 aliphatic carbocycles. The molecule has 1 fully saturated rings. The number of halogens is 1. The highest BCUT2D eigenvalue weighted by molar-refractivity contribution is 7.17. The zero-order valence-corrected chi connectivity index (χ0v) is 18.3. The Labute approximate surface area is 186 Å². The van der Waals surface area contributed by atoms with Gasteiger partial charge in [0.25, 0.3) is 5.56 Å². The molecule has 3 heterocycles. The van der Waals surface area contributed by atoms with Crippen molar-refractivity contribution in [3.63, 3.8) is 0 Å². The first kappa shape index (κ1) is 21.9. The topological polar surface area (TPSA) is 90.6 Å². The summed E-state index contributed by atoms with van der Waals surface area (Å²) in [6, 6.07) is 7.13. The first-order valence-corrected chi connectivity index (χ1v) is 11.2. The van der Waals surface area contributed by atoms with Crippen molar-refractivity contribution in [2.24, 2.45) is 5.92 Å². The number of esters is 1. The summed E-state index contributed by atoms with van der Waals surface area (Å²) >= 11 is 1.13. The zero-order chi connectivity index (χ0) is 22.8. The fourth-order valence-electron chi connectivity index (χ4n) is 3.95. The van der Waals surface area contributed by atoms with Gasteiger partial charge in [-0.2, -0.15) is 0 Å². The maximum atomic E-state index is 14.4. The number of hydrogen-bond donors (Lipinski definition) is 0. The third-order valence-corrected chi connectivity index (χ3v) is 6.50. The Morgan fingerprint density at radius 1 is 1.16 bits per heavy atom. The average Bonchev–Trinajstić information content (AvgIpc) is 3.28. The number of ether oxygens (including phenoxy) is 1. The largest absolute Gasteiger partial charge is 0.466 e. The van der Waals surface area contributed by atoms with Crippen LogP contribution in [-0.2, 0) is 20.9 Å². The van der Waals surface area contributed by atoms with Crippen molar-refractivity contribution in [2.75, 3.05) is 19.7 Å². The van der Waals surface area contributed by atoms with Gasteiger partial charge in [0.05, 0.1) is 23.7 Å². The van der Waals surface area contributed by atoms with E-state index in [0.717, 1.165) is 15.9 Å². The van der Waals surface area contributed by atoms with Crippen LogP contribution < -0.4 is 11.2 Å². The summed E-state index contributed by atoms with van der Waals surface area (Å²) in [7, 11) is 0. The number of rotatable bonds is 5. The zero-order valence-electron chi connectivity index (χ0n) is 17.5. The van der Waals surface area contributed by atoms with E-state index in [4.69, 9.17) is 4.74 Å². The molecule has 1 saturated heterocycles. The lowest BCUT2D eigenvalue weighted by molar-refractivity contribution is -0.151. The first-order chi connectivity index (χ1) is 15.4. The Morgan fingerprint density at radius 2 is 1.88 bits per heavy atom. The minimum absolute atomic E-state index is 0.158. The number of likely N-dealkylation sites (tertiary alicyclic amines) is 1. The number of para-hydroxylation sites is 1. The second-order valence-electron chi connectivity index (χ2n) is 7.50. The van der Waals surface area contributed by atoms with Crippen LogP contribution in [0.25, 0.3) is 15.9 Å².